The Bertz CT molecular complexity index is 507. The normalized spacial score (nSPS) is 19.9. The molecule has 0 unspecified atom stereocenters. The van der Waals surface area contributed by atoms with Gasteiger partial charge in [0.2, 0.25) is 5.95 Å². The van der Waals surface area contributed by atoms with E-state index in [9.17, 15) is 0 Å². The Kier molecular flexibility index (Phi) is 5.21. The number of hydrogen-bond acceptors (Lipinski definition) is 6. The van der Waals surface area contributed by atoms with Gasteiger partial charge >= 0.3 is 0 Å². The first-order valence-electron chi connectivity index (χ1n) is 8.36. The molecule has 0 spiro atoms. The average Bonchev–Trinajstić information content (AvgIpc) is 2.57. The van der Waals surface area contributed by atoms with Crippen molar-refractivity contribution in [1.29, 1.82) is 0 Å². The van der Waals surface area contributed by atoms with Crippen molar-refractivity contribution in [2.45, 2.75) is 32.1 Å². The molecule has 6 nitrogen and oxygen atoms in total. The van der Waals surface area contributed by atoms with Gasteiger partial charge in [0, 0.05) is 32.7 Å². The lowest BCUT2D eigenvalue weighted by atomic mass is 9.97. The zero-order valence-electron chi connectivity index (χ0n) is 13.5. The Morgan fingerprint density at radius 1 is 1.18 bits per heavy atom. The van der Waals surface area contributed by atoms with Gasteiger partial charge in [-0.05, 0) is 39.2 Å². The molecule has 22 heavy (non-hydrogen) atoms. The standard InChI is InChI=1S/C16H26N6/c1-21-9-11-22(12-10-21)16-19-15(13-18-20-16)17-8-7-14-5-3-2-4-6-14/h5,13H,2-4,6-12H2,1H3,(H,17,19,20). The van der Waals surface area contributed by atoms with Crippen LogP contribution in [0, 0.1) is 0 Å². The van der Waals surface area contributed by atoms with E-state index in [0.717, 1.165) is 50.9 Å². The number of nitrogens with zero attached hydrogens (tertiary/aromatic N) is 5. The summed E-state index contributed by atoms with van der Waals surface area (Å²) >= 11 is 0. The second-order valence-corrected chi connectivity index (χ2v) is 6.22. The summed E-state index contributed by atoms with van der Waals surface area (Å²) in [5.41, 5.74) is 1.58. The highest BCUT2D eigenvalue weighted by Gasteiger charge is 2.17. The van der Waals surface area contributed by atoms with E-state index in [2.05, 4.69) is 43.4 Å². The second-order valence-electron chi connectivity index (χ2n) is 6.22. The third kappa shape index (κ3) is 4.16. The number of piperazine rings is 1. The third-order valence-corrected chi connectivity index (χ3v) is 4.47. The highest BCUT2D eigenvalue weighted by atomic mass is 15.4. The highest BCUT2D eigenvalue weighted by Crippen LogP contribution is 2.20. The Morgan fingerprint density at radius 3 is 2.82 bits per heavy atom. The first kappa shape index (κ1) is 15.2. The molecule has 2 aliphatic rings. The molecule has 6 heteroatoms. The lowest BCUT2D eigenvalue weighted by Crippen LogP contribution is -2.45. The summed E-state index contributed by atoms with van der Waals surface area (Å²) in [5.74, 6) is 1.58. The molecule has 1 aromatic rings. The Morgan fingerprint density at radius 2 is 2.05 bits per heavy atom. The van der Waals surface area contributed by atoms with Crippen LogP contribution in [0.25, 0.3) is 0 Å². The van der Waals surface area contributed by atoms with Crippen LogP contribution in [-0.4, -0.2) is 59.9 Å². The lowest BCUT2D eigenvalue weighted by Gasteiger charge is -2.32. The number of rotatable bonds is 5. The van der Waals surface area contributed by atoms with E-state index in [1.807, 2.05) is 0 Å². The van der Waals surface area contributed by atoms with Crippen LogP contribution in [0.1, 0.15) is 32.1 Å². The SMILES string of the molecule is CN1CCN(c2nncc(NCCC3=CCCCC3)n2)CC1. The van der Waals surface area contributed by atoms with Gasteiger partial charge in [-0.25, -0.2) is 0 Å². The number of likely N-dealkylation sites (N-methyl/N-ethyl adjacent to an activating group) is 1. The van der Waals surface area contributed by atoms with Gasteiger partial charge in [-0.3, -0.25) is 0 Å². The highest BCUT2D eigenvalue weighted by molar-refractivity contribution is 5.39. The molecule has 1 fully saturated rings. The van der Waals surface area contributed by atoms with E-state index < -0.39 is 0 Å². The van der Waals surface area contributed by atoms with Crippen molar-refractivity contribution in [2.75, 3.05) is 50.0 Å². The Balaban J connectivity index is 1.51. The monoisotopic (exact) mass is 302 g/mol. The molecular weight excluding hydrogens is 276 g/mol. The van der Waals surface area contributed by atoms with Crippen LogP contribution in [0.2, 0.25) is 0 Å². The Hall–Kier alpha value is -1.69. The minimum atomic E-state index is 0.745. The molecule has 120 valence electrons. The minimum absolute atomic E-state index is 0.745. The van der Waals surface area contributed by atoms with Crippen LogP contribution in [0.15, 0.2) is 17.8 Å². The molecule has 1 aliphatic heterocycles. The number of aromatic nitrogens is 3. The summed E-state index contributed by atoms with van der Waals surface area (Å²) in [6, 6.07) is 0. The summed E-state index contributed by atoms with van der Waals surface area (Å²) in [7, 11) is 2.15. The van der Waals surface area contributed by atoms with Gasteiger partial charge in [0.05, 0.1) is 6.20 Å². The molecule has 0 amide bonds. The maximum Gasteiger partial charge on any atom is 0.247 e. The van der Waals surface area contributed by atoms with Crippen molar-refractivity contribution in [1.82, 2.24) is 20.1 Å². The van der Waals surface area contributed by atoms with Crippen LogP contribution in [-0.2, 0) is 0 Å². The van der Waals surface area contributed by atoms with Crippen molar-refractivity contribution in [3.63, 3.8) is 0 Å². The number of nitrogens with one attached hydrogen (secondary N) is 1. The van der Waals surface area contributed by atoms with Crippen molar-refractivity contribution in [2.24, 2.45) is 0 Å². The molecule has 0 radical (unpaired) electrons. The second kappa shape index (κ2) is 7.54. The molecule has 3 rings (SSSR count). The fourth-order valence-electron chi connectivity index (χ4n) is 3.00. The van der Waals surface area contributed by atoms with Crippen molar-refractivity contribution >= 4 is 11.8 Å². The summed E-state index contributed by atoms with van der Waals surface area (Å²) in [5, 5.41) is 11.7. The number of anilines is 2. The molecule has 2 heterocycles. The Labute approximate surface area is 132 Å². The van der Waals surface area contributed by atoms with Gasteiger partial charge in [-0.15, -0.1) is 5.10 Å². The van der Waals surface area contributed by atoms with Crippen LogP contribution in [0.4, 0.5) is 11.8 Å². The molecule has 1 N–H and O–H groups in total. The molecule has 1 aliphatic carbocycles. The molecule has 0 saturated carbocycles. The molecular formula is C16H26N6. The van der Waals surface area contributed by atoms with Gasteiger partial charge in [-0.2, -0.15) is 10.1 Å². The zero-order chi connectivity index (χ0) is 15.2. The van der Waals surface area contributed by atoms with Crippen LogP contribution in [0.3, 0.4) is 0 Å². The summed E-state index contributed by atoms with van der Waals surface area (Å²) in [6.07, 6.45) is 10.4. The fraction of sp³-hybridized carbons (Fsp3) is 0.688. The smallest absolute Gasteiger partial charge is 0.247 e. The molecule has 1 saturated heterocycles. The predicted molar refractivity (Wildman–Crippen MR) is 89.2 cm³/mol. The molecule has 1 aromatic heterocycles. The topological polar surface area (TPSA) is 57.2 Å². The quantitative estimate of drug-likeness (QED) is 0.839. The van der Waals surface area contributed by atoms with E-state index in [4.69, 9.17) is 0 Å². The van der Waals surface area contributed by atoms with Crippen LogP contribution in [0.5, 0.6) is 0 Å². The van der Waals surface area contributed by atoms with E-state index in [0.29, 0.717) is 0 Å². The van der Waals surface area contributed by atoms with Crippen molar-refractivity contribution in [3.05, 3.63) is 17.8 Å². The van der Waals surface area contributed by atoms with E-state index in [1.54, 1.807) is 11.8 Å². The maximum absolute atomic E-state index is 4.61. The van der Waals surface area contributed by atoms with E-state index in [1.165, 1.54) is 25.7 Å². The summed E-state index contributed by atoms with van der Waals surface area (Å²) in [6.45, 7) is 4.96. The van der Waals surface area contributed by atoms with E-state index in [-0.39, 0.29) is 0 Å². The van der Waals surface area contributed by atoms with Crippen molar-refractivity contribution < 1.29 is 0 Å². The summed E-state index contributed by atoms with van der Waals surface area (Å²) in [4.78, 5) is 9.14. The lowest BCUT2D eigenvalue weighted by molar-refractivity contribution is 0.311. The first-order valence-corrected chi connectivity index (χ1v) is 8.36. The van der Waals surface area contributed by atoms with Gasteiger partial charge in [0.1, 0.15) is 0 Å². The molecule has 0 atom stereocenters. The van der Waals surface area contributed by atoms with Gasteiger partial charge in [0.15, 0.2) is 5.82 Å². The summed E-state index contributed by atoms with van der Waals surface area (Å²) < 4.78 is 0. The molecule has 0 aromatic carbocycles. The zero-order valence-corrected chi connectivity index (χ0v) is 13.5. The van der Waals surface area contributed by atoms with Crippen molar-refractivity contribution in [3.8, 4) is 0 Å². The largest absolute Gasteiger partial charge is 0.368 e. The van der Waals surface area contributed by atoms with E-state index >= 15 is 0 Å². The number of hydrogen-bond donors (Lipinski definition) is 1. The predicted octanol–water partition coefficient (Wildman–Crippen LogP) is 1.93. The number of allylic oxidation sites excluding steroid dienone is 1. The van der Waals surface area contributed by atoms with Crippen LogP contribution >= 0.6 is 0 Å². The average molecular weight is 302 g/mol. The van der Waals surface area contributed by atoms with Crippen LogP contribution < -0.4 is 10.2 Å². The maximum atomic E-state index is 4.61. The van der Waals surface area contributed by atoms with Gasteiger partial charge in [0.25, 0.3) is 0 Å². The fourth-order valence-corrected chi connectivity index (χ4v) is 3.00. The van der Waals surface area contributed by atoms with Gasteiger partial charge in [-0.1, -0.05) is 11.6 Å². The third-order valence-electron chi connectivity index (χ3n) is 4.47. The first-order chi connectivity index (χ1) is 10.8. The minimum Gasteiger partial charge on any atom is -0.368 e. The molecule has 0 bridgehead atoms. The van der Waals surface area contributed by atoms with Gasteiger partial charge < -0.3 is 15.1 Å².